The number of urea groups is 1. The fourth-order valence-corrected chi connectivity index (χ4v) is 2.22. The number of nitrogens with one attached hydrogen (secondary N) is 3. The highest BCUT2D eigenvalue weighted by molar-refractivity contribution is 5.95. The predicted octanol–water partition coefficient (Wildman–Crippen LogP) is 1.29. The Labute approximate surface area is 141 Å². The smallest absolute Gasteiger partial charge is 0.321 e. The molecule has 1 aromatic rings. The number of benzene rings is 1. The summed E-state index contributed by atoms with van der Waals surface area (Å²) in [7, 11) is 0. The van der Waals surface area contributed by atoms with Crippen LogP contribution in [0.15, 0.2) is 30.9 Å². The van der Waals surface area contributed by atoms with Gasteiger partial charge < -0.3 is 14.8 Å². The zero-order valence-corrected chi connectivity index (χ0v) is 14.0. The molecule has 0 radical (unpaired) electrons. The number of hydrogen-bond acceptors (Lipinski definition) is 5. The summed E-state index contributed by atoms with van der Waals surface area (Å²) in [6.07, 6.45) is 1.54. The van der Waals surface area contributed by atoms with E-state index in [-0.39, 0.29) is 6.54 Å². The number of fused-ring (bicyclic) bond motifs is 1. The number of carbonyl (C=O) groups excluding carboxylic acids is 2. The van der Waals surface area contributed by atoms with E-state index in [9.17, 15) is 9.59 Å². The van der Waals surface area contributed by atoms with Crippen molar-refractivity contribution in [2.75, 3.05) is 26.3 Å². The van der Waals surface area contributed by atoms with Crippen molar-refractivity contribution in [3.8, 4) is 11.5 Å². The summed E-state index contributed by atoms with van der Waals surface area (Å²) in [5, 5.41) is 7.86. The van der Waals surface area contributed by atoms with Crippen LogP contribution in [0.25, 0.3) is 0 Å². The molecular weight excluding hydrogens is 310 g/mol. The standard InChI is InChI=1S/C17H23N3O4/c1-4-7-18-16(22)20-15(21)11-19-17(2,3)12-5-6-13-14(10-12)24-9-8-23-13/h4-6,10,19H,1,7-9,11H2,2-3H3,(H2,18,20,21,22). The molecule has 24 heavy (non-hydrogen) atoms. The van der Waals surface area contributed by atoms with Gasteiger partial charge in [-0.3, -0.25) is 15.4 Å². The van der Waals surface area contributed by atoms with Crippen molar-refractivity contribution in [3.05, 3.63) is 36.4 Å². The second-order valence-corrected chi connectivity index (χ2v) is 5.88. The van der Waals surface area contributed by atoms with Gasteiger partial charge in [0, 0.05) is 12.1 Å². The molecule has 0 atom stereocenters. The molecule has 1 aliphatic heterocycles. The summed E-state index contributed by atoms with van der Waals surface area (Å²) in [4.78, 5) is 23.2. The first-order valence-electron chi connectivity index (χ1n) is 7.76. The zero-order chi connectivity index (χ0) is 17.6. The monoisotopic (exact) mass is 333 g/mol. The normalized spacial score (nSPS) is 13.1. The van der Waals surface area contributed by atoms with E-state index in [4.69, 9.17) is 9.47 Å². The van der Waals surface area contributed by atoms with Crippen molar-refractivity contribution in [2.45, 2.75) is 19.4 Å². The Bertz CT molecular complexity index is 628. The molecule has 0 spiro atoms. The molecular formula is C17H23N3O4. The van der Waals surface area contributed by atoms with E-state index in [1.54, 1.807) is 0 Å². The van der Waals surface area contributed by atoms with E-state index < -0.39 is 17.5 Å². The number of rotatable bonds is 6. The largest absolute Gasteiger partial charge is 0.486 e. The molecule has 0 aliphatic carbocycles. The molecule has 1 aliphatic rings. The minimum Gasteiger partial charge on any atom is -0.486 e. The Morgan fingerprint density at radius 2 is 1.96 bits per heavy atom. The first-order chi connectivity index (χ1) is 11.4. The second kappa shape index (κ2) is 7.83. The maximum atomic E-state index is 11.8. The number of hydrogen-bond donors (Lipinski definition) is 3. The summed E-state index contributed by atoms with van der Waals surface area (Å²) in [6, 6.07) is 5.14. The van der Waals surface area contributed by atoms with E-state index in [0.29, 0.717) is 25.5 Å². The third-order valence-corrected chi connectivity index (χ3v) is 3.61. The Hall–Kier alpha value is -2.54. The van der Waals surface area contributed by atoms with Gasteiger partial charge in [0.25, 0.3) is 0 Å². The van der Waals surface area contributed by atoms with Crippen molar-refractivity contribution in [1.82, 2.24) is 16.0 Å². The molecule has 130 valence electrons. The van der Waals surface area contributed by atoms with Crippen LogP contribution in [0.1, 0.15) is 19.4 Å². The van der Waals surface area contributed by atoms with Gasteiger partial charge in [0.1, 0.15) is 13.2 Å². The lowest BCUT2D eigenvalue weighted by Gasteiger charge is -2.28. The van der Waals surface area contributed by atoms with Crippen LogP contribution < -0.4 is 25.4 Å². The van der Waals surface area contributed by atoms with E-state index >= 15 is 0 Å². The van der Waals surface area contributed by atoms with Crippen LogP contribution in [0.4, 0.5) is 4.79 Å². The van der Waals surface area contributed by atoms with Crippen molar-refractivity contribution < 1.29 is 19.1 Å². The number of carbonyl (C=O) groups is 2. The van der Waals surface area contributed by atoms with E-state index in [0.717, 1.165) is 11.3 Å². The molecule has 3 amide bonds. The van der Waals surface area contributed by atoms with Gasteiger partial charge in [-0.1, -0.05) is 12.1 Å². The van der Waals surface area contributed by atoms with Crippen LogP contribution in [0.5, 0.6) is 11.5 Å². The minimum atomic E-state index is -0.543. The van der Waals surface area contributed by atoms with Crippen molar-refractivity contribution in [1.29, 1.82) is 0 Å². The van der Waals surface area contributed by atoms with E-state index in [1.807, 2.05) is 32.0 Å². The van der Waals surface area contributed by atoms with Crippen molar-refractivity contribution in [2.24, 2.45) is 0 Å². The highest BCUT2D eigenvalue weighted by Gasteiger charge is 2.24. The molecule has 0 fully saturated rings. The number of imide groups is 1. The van der Waals surface area contributed by atoms with Crippen LogP contribution in [0.3, 0.4) is 0 Å². The number of amides is 3. The average Bonchev–Trinajstić information content (AvgIpc) is 2.58. The van der Waals surface area contributed by atoms with Crippen molar-refractivity contribution in [3.63, 3.8) is 0 Å². The summed E-state index contributed by atoms with van der Waals surface area (Å²) in [5.74, 6) is 1.00. The Balaban J connectivity index is 1.92. The fraction of sp³-hybridized carbons (Fsp3) is 0.412. The zero-order valence-electron chi connectivity index (χ0n) is 14.0. The molecule has 3 N–H and O–H groups in total. The summed E-state index contributed by atoms with van der Waals surface area (Å²) in [6.45, 7) is 8.75. The van der Waals surface area contributed by atoms with Crippen LogP contribution in [0.2, 0.25) is 0 Å². The second-order valence-electron chi connectivity index (χ2n) is 5.88. The molecule has 7 nitrogen and oxygen atoms in total. The Morgan fingerprint density at radius 1 is 1.25 bits per heavy atom. The van der Waals surface area contributed by atoms with Gasteiger partial charge in [0.15, 0.2) is 11.5 Å². The van der Waals surface area contributed by atoms with Gasteiger partial charge in [-0.2, -0.15) is 0 Å². The van der Waals surface area contributed by atoms with Gasteiger partial charge >= 0.3 is 6.03 Å². The first-order valence-corrected chi connectivity index (χ1v) is 7.76. The van der Waals surface area contributed by atoms with Crippen LogP contribution >= 0.6 is 0 Å². The topological polar surface area (TPSA) is 88.7 Å². The average molecular weight is 333 g/mol. The first kappa shape index (κ1) is 17.8. The lowest BCUT2D eigenvalue weighted by molar-refractivity contribution is -0.119. The van der Waals surface area contributed by atoms with E-state index in [2.05, 4.69) is 22.5 Å². The fourth-order valence-electron chi connectivity index (χ4n) is 2.22. The van der Waals surface area contributed by atoms with Gasteiger partial charge in [-0.25, -0.2) is 4.79 Å². The quantitative estimate of drug-likeness (QED) is 0.683. The van der Waals surface area contributed by atoms with Gasteiger partial charge in [-0.15, -0.1) is 6.58 Å². The SMILES string of the molecule is C=CCNC(=O)NC(=O)CNC(C)(C)c1ccc2c(c1)OCCO2. The van der Waals surface area contributed by atoms with Gasteiger partial charge in [0.2, 0.25) is 5.91 Å². The molecule has 0 aromatic heterocycles. The molecule has 1 aromatic carbocycles. The third kappa shape index (κ3) is 4.73. The molecule has 1 heterocycles. The van der Waals surface area contributed by atoms with Crippen LogP contribution in [-0.4, -0.2) is 38.2 Å². The highest BCUT2D eigenvalue weighted by Crippen LogP contribution is 2.34. The Kier molecular flexibility index (Phi) is 5.81. The third-order valence-electron chi connectivity index (χ3n) is 3.61. The predicted molar refractivity (Wildman–Crippen MR) is 90.2 cm³/mol. The van der Waals surface area contributed by atoms with Crippen LogP contribution in [-0.2, 0) is 10.3 Å². The summed E-state index contributed by atoms with van der Waals surface area (Å²) in [5.41, 5.74) is 0.473. The van der Waals surface area contributed by atoms with Gasteiger partial charge in [-0.05, 0) is 31.5 Å². The summed E-state index contributed by atoms with van der Waals surface area (Å²) >= 11 is 0. The molecule has 7 heteroatoms. The lowest BCUT2D eigenvalue weighted by atomic mass is 9.93. The maximum Gasteiger partial charge on any atom is 0.321 e. The van der Waals surface area contributed by atoms with Gasteiger partial charge in [0.05, 0.1) is 6.54 Å². The van der Waals surface area contributed by atoms with Crippen LogP contribution in [0, 0.1) is 0 Å². The highest BCUT2D eigenvalue weighted by atomic mass is 16.6. The maximum absolute atomic E-state index is 11.8. The molecule has 0 saturated heterocycles. The molecule has 0 saturated carbocycles. The summed E-state index contributed by atoms with van der Waals surface area (Å²) < 4.78 is 11.1. The lowest BCUT2D eigenvalue weighted by Crippen LogP contribution is -2.47. The van der Waals surface area contributed by atoms with Crippen molar-refractivity contribution >= 4 is 11.9 Å². The Morgan fingerprint density at radius 3 is 2.67 bits per heavy atom. The van der Waals surface area contributed by atoms with E-state index in [1.165, 1.54) is 6.08 Å². The molecule has 0 unspecified atom stereocenters. The minimum absolute atomic E-state index is 0.00293. The molecule has 0 bridgehead atoms. The molecule has 2 rings (SSSR count). The number of ether oxygens (including phenoxy) is 2.